The predicted octanol–water partition coefficient (Wildman–Crippen LogP) is 1.59. The lowest BCUT2D eigenvalue weighted by molar-refractivity contribution is -0.133. The van der Waals surface area contributed by atoms with Crippen LogP contribution in [0.25, 0.3) is 0 Å². The van der Waals surface area contributed by atoms with Gasteiger partial charge in [-0.15, -0.1) is 0 Å². The summed E-state index contributed by atoms with van der Waals surface area (Å²) in [5.74, 6) is 0.000206. The van der Waals surface area contributed by atoms with E-state index in [9.17, 15) is 9.59 Å². The molecule has 0 aromatic carbocycles. The number of carbonyl (C=O) groups is 2. The molecule has 2 aromatic heterocycles. The van der Waals surface area contributed by atoms with Gasteiger partial charge in [-0.1, -0.05) is 6.07 Å². The molecule has 2 amide bonds. The number of rotatable bonds is 5. The first kappa shape index (κ1) is 17.1. The lowest BCUT2D eigenvalue weighted by atomic mass is 10.1. The Morgan fingerprint density at radius 1 is 1.32 bits per heavy atom. The molecule has 1 fully saturated rings. The Balaban J connectivity index is 1.66. The predicted molar refractivity (Wildman–Crippen MR) is 92.4 cm³/mol. The van der Waals surface area contributed by atoms with Gasteiger partial charge in [-0.05, 0) is 37.0 Å². The molecule has 1 aliphatic heterocycles. The highest BCUT2D eigenvalue weighted by Crippen LogP contribution is 2.31. The zero-order valence-electron chi connectivity index (χ0n) is 14.6. The fourth-order valence-electron chi connectivity index (χ4n) is 3.12. The Hall–Kier alpha value is -2.70. The van der Waals surface area contributed by atoms with E-state index < -0.39 is 0 Å². The molecule has 0 radical (unpaired) electrons. The molecular weight excluding hydrogens is 318 g/mol. The van der Waals surface area contributed by atoms with Crippen molar-refractivity contribution >= 4 is 11.8 Å². The van der Waals surface area contributed by atoms with E-state index in [0.717, 1.165) is 36.2 Å². The minimum Gasteiger partial charge on any atom is -0.352 e. The molecule has 0 saturated carbocycles. The van der Waals surface area contributed by atoms with Crippen LogP contribution in [-0.4, -0.2) is 38.0 Å². The van der Waals surface area contributed by atoms with Crippen LogP contribution in [0.1, 0.15) is 42.6 Å². The third-order valence-corrected chi connectivity index (χ3v) is 4.36. The van der Waals surface area contributed by atoms with Gasteiger partial charge in [-0.2, -0.15) is 5.10 Å². The monoisotopic (exact) mass is 341 g/mol. The van der Waals surface area contributed by atoms with E-state index >= 15 is 0 Å². The average molecular weight is 341 g/mol. The van der Waals surface area contributed by atoms with E-state index in [1.54, 1.807) is 17.1 Å². The maximum atomic E-state index is 12.6. The van der Waals surface area contributed by atoms with Crippen LogP contribution in [0.3, 0.4) is 0 Å². The topological polar surface area (TPSA) is 80.1 Å². The van der Waals surface area contributed by atoms with Gasteiger partial charge < -0.3 is 10.2 Å². The third kappa shape index (κ3) is 4.23. The Morgan fingerprint density at radius 3 is 2.80 bits per heavy atom. The van der Waals surface area contributed by atoms with Gasteiger partial charge in [0.1, 0.15) is 6.54 Å². The second-order valence-corrected chi connectivity index (χ2v) is 6.46. The fourth-order valence-corrected chi connectivity index (χ4v) is 3.12. The summed E-state index contributed by atoms with van der Waals surface area (Å²) in [4.78, 5) is 30.0. The summed E-state index contributed by atoms with van der Waals surface area (Å²) in [5, 5.41) is 6.94. The molecule has 1 aliphatic rings. The quantitative estimate of drug-likeness (QED) is 0.895. The Morgan fingerprint density at radius 2 is 2.16 bits per heavy atom. The van der Waals surface area contributed by atoms with Crippen molar-refractivity contribution in [3.05, 3.63) is 47.5 Å². The second-order valence-electron chi connectivity index (χ2n) is 6.46. The van der Waals surface area contributed by atoms with Gasteiger partial charge in [0.25, 0.3) is 0 Å². The molecular formula is C18H23N5O2. The molecule has 0 bridgehead atoms. The molecule has 2 aromatic rings. The van der Waals surface area contributed by atoms with E-state index in [4.69, 9.17) is 0 Å². The van der Waals surface area contributed by atoms with Gasteiger partial charge in [0.05, 0.1) is 17.9 Å². The molecule has 0 aliphatic carbocycles. The van der Waals surface area contributed by atoms with Crippen LogP contribution >= 0.6 is 0 Å². The van der Waals surface area contributed by atoms with Gasteiger partial charge >= 0.3 is 0 Å². The average Bonchev–Trinajstić information content (AvgIpc) is 3.22. The van der Waals surface area contributed by atoms with Crippen molar-refractivity contribution in [3.63, 3.8) is 0 Å². The highest BCUT2D eigenvalue weighted by molar-refractivity contribution is 5.76. The van der Waals surface area contributed by atoms with Crippen LogP contribution in [0.2, 0.25) is 0 Å². The van der Waals surface area contributed by atoms with Crippen molar-refractivity contribution in [2.75, 3.05) is 6.54 Å². The lowest BCUT2D eigenvalue weighted by Gasteiger charge is -2.24. The molecule has 3 heterocycles. The normalized spacial score (nSPS) is 16.9. The summed E-state index contributed by atoms with van der Waals surface area (Å²) >= 11 is 0. The van der Waals surface area contributed by atoms with Crippen LogP contribution in [0.5, 0.6) is 0 Å². The third-order valence-electron chi connectivity index (χ3n) is 4.36. The minimum absolute atomic E-state index is 0.0129. The highest BCUT2D eigenvalue weighted by atomic mass is 16.2. The number of amides is 2. The first-order valence-corrected chi connectivity index (χ1v) is 8.51. The number of likely N-dealkylation sites (tertiary alicyclic amines) is 1. The molecule has 1 saturated heterocycles. The largest absolute Gasteiger partial charge is 0.352 e. The number of aryl methyl sites for hydroxylation is 1. The molecule has 0 spiro atoms. The lowest BCUT2D eigenvalue weighted by Crippen LogP contribution is -2.34. The Kier molecular flexibility index (Phi) is 5.11. The number of aromatic nitrogens is 3. The summed E-state index contributed by atoms with van der Waals surface area (Å²) in [7, 11) is 0. The maximum absolute atomic E-state index is 12.6. The fraction of sp³-hybridized carbons (Fsp3) is 0.444. The van der Waals surface area contributed by atoms with E-state index in [0.29, 0.717) is 6.54 Å². The Labute approximate surface area is 147 Å². The summed E-state index contributed by atoms with van der Waals surface area (Å²) in [6.07, 6.45) is 7.29. The molecule has 1 N–H and O–H groups in total. The first-order chi connectivity index (χ1) is 12.0. The summed E-state index contributed by atoms with van der Waals surface area (Å²) < 4.78 is 1.68. The van der Waals surface area contributed by atoms with Gasteiger partial charge in [0.2, 0.25) is 11.8 Å². The number of nitrogens with one attached hydrogen (secondary N) is 1. The maximum Gasteiger partial charge on any atom is 0.244 e. The van der Waals surface area contributed by atoms with Crippen molar-refractivity contribution in [2.24, 2.45) is 0 Å². The summed E-state index contributed by atoms with van der Waals surface area (Å²) in [6.45, 7) is 4.92. The molecule has 1 atom stereocenters. The van der Waals surface area contributed by atoms with E-state index in [-0.39, 0.29) is 24.4 Å². The molecule has 25 heavy (non-hydrogen) atoms. The number of nitrogens with zero attached hydrogens (tertiary/aromatic N) is 4. The van der Waals surface area contributed by atoms with Crippen molar-refractivity contribution in [3.8, 4) is 0 Å². The smallest absolute Gasteiger partial charge is 0.244 e. The van der Waals surface area contributed by atoms with Crippen LogP contribution in [-0.2, 0) is 22.7 Å². The molecule has 7 heteroatoms. The van der Waals surface area contributed by atoms with E-state index in [1.807, 2.05) is 30.2 Å². The highest BCUT2D eigenvalue weighted by Gasteiger charge is 2.30. The van der Waals surface area contributed by atoms with Crippen molar-refractivity contribution < 1.29 is 9.59 Å². The minimum atomic E-state index is -0.0644. The van der Waals surface area contributed by atoms with Crippen LogP contribution in [0.15, 0.2) is 30.7 Å². The number of hydrogen-bond donors (Lipinski definition) is 1. The SMILES string of the molecule is CC(=O)NCc1ccc(C2CCCN2C(=O)Cn2cc(C)cn2)nc1. The molecule has 3 rings (SSSR count). The second kappa shape index (κ2) is 7.46. The summed E-state index contributed by atoms with van der Waals surface area (Å²) in [6, 6.07) is 3.92. The van der Waals surface area contributed by atoms with Crippen molar-refractivity contribution in [1.82, 2.24) is 25.0 Å². The zero-order valence-corrected chi connectivity index (χ0v) is 14.6. The van der Waals surface area contributed by atoms with Crippen LogP contribution in [0, 0.1) is 6.92 Å². The van der Waals surface area contributed by atoms with Crippen LogP contribution in [0.4, 0.5) is 0 Å². The molecule has 1 unspecified atom stereocenters. The van der Waals surface area contributed by atoms with E-state index in [1.165, 1.54) is 6.92 Å². The summed E-state index contributed by atoms with van der Waals surface area (Å²) in [5.41, 5.74) is 2.89. The first-order valence-electron chi connectivity index (χ1n) is 8.51. The number of carbonyl (C=O) groups excluding carboxylic acids is 2. The standard InChI is InChI=1S/C18H23N5O2/c1-13-8-21-22(11-13)12-18(25)23-7-3-4-17(23)16-6-5-15(10-20-16)9-19-14(2)24/h5-6,8,10-11,17H,3-4,7,9,12H2,1-2H3,(H,19,24). The van der Waals surface area contributed by atoms with Gasteiger partial charge in [0.15, 0.2) is 0 Å². The van der Waals surface area contributed by atoms with Crippen molar-refractivity contribution in [2.45, 2.75) is 45.8 Å². The van der Waals surface area contributed by atoms with Gasteiger partial charge in [-0.25, -0.2) is 0 Å². The molecule has 7 nitrogen and oxygen atoms in total. The number of hydrogen-bond acceptors (Lipinski definition) is 4. The Bertz CT molecular complexity index is 753. The van der Waals surface area contributed by atoms with Gasteiger partial charge in [-0.3, -0.25) is 19.3 Å². The zero-order chi connectivity index (χ0) is 17.8. The van der Waals surface area contributed by atoms with E-state index in [2.05, 4.69) is 15.4 Å². The van der Waals surface area contributed by atoms with Gasteiger partial charge in [0, 0.05) is 32.4 Å². The van der Waals surface area contributed by atoms with Crippen molar-refractivity contribution in [1.29, 1.82) is 0 Å². The number of pyridine rings is 1. The molecule has 132 valence electrons. The van der Waals surface area contributed by atoms with Crippen LogP contribution < -0.4 is 5.32 Å².